The minimum atomic E-state index is -4.34. The van der Waals surface area contributed by atoms with Gasteiger partial charge in [0.15, 0.2) is 6.79 Å². The van der Waals surface area contributed by atoms with E-state index in [-0.39, 0.29) is 0 Å². The van der Waals surface area contributed by atoms with E-state index in [4.69, 9.17) is 4.74 Å². The van der Waals surface area contributed by atoms with Gasteiger partial charge >= 0.3 is 6.18 Å². The Morgan fingerprint density at radius 1 is 1.24 bits per heavy atom. The fraction of sp³-hybridized carbons (Fsp3) is 0.600. The zero-order chi connectivity index (χ0) is 15.9. The summed E-state index contributed by atoms with van der Waals surface area (Å²) in [6, 6.07) is 5.55. The van der Waals surface area contributed by atoms with Crippen LogP contribution in [0.2, 0.25) is 0 Å². The zero-order valence-corrected chi connectivity index (χ0v) is 12.6. The van der Waals surface area contributed by atoms with E-state index in [9.17, 15) is 13.2 Å². The standard InChI is InChI=1S/C15H22F3NO2/c1-11(2)7-19-8-13-6-12(3)4-5-14(13)21-10-20-9-15(16,17)18/h4-6,11,19H,7-10H2,1-3H3. The van der Waals surface area contributed by atoms with Gasteiger partial charge in [0.25, 0.3) is 0 Å². The number of aryl methyl sites for hydroxylation is 1. The van der Waals surface area contributed by atoms with E-state index in [0.717, 1.165) is 17.7 Å². The highest BCUT2D eigenvalue weighted by Gasteiger charge is 2.27. The van der Waals surface area contributed by atoms with Gasteiger partial charge in [-0.15, -0.1) is 0 Å². The molecule has 0 aliphatic rings. The maximum absolute atomic E-state index is 12.0. The normalized spacial score (nSPS) is 12.0. The minimum Gasteiger partial charge on any atom is -0.467 e. The van der Waals surface area contributed by atoms with Gasteiger partial charge in [-0.3, -0.25) is 0 Å². The van der Waals surface area contributed by atoms with E-state index in [0.29, 0.717) is 18.2 Å². The van der Waals surface area contributed by atoms with Gasteiger partial charge in [-0.2, -0.15) is 13.2 Å². The lowest BCUT2D eigenvalue weighted by atomic mass is 10.1. The number of ether oxygens (including phenoxy) is 2. The molecule has 0 saturated carbocycles. The van der Waals surface area contributed by atoms with E-state index in [1.807, 2.05) is 19.1 Å². The van der Waals surface area contributed by atoms with E-state index in [1.54, 1.807) is 6.07 Å². The van der Waals surface area contributed by atoms with Crippen LogP contribution in [0, 0.1) is 12.8 Å². The first kappa shape index (κ1) is 17.8. The van der Waals surface area contributed by atoms with E-state index in [1.165, 1.54) is 0 Å². The molecular formula is C15H22F3NO2. The third-order valence-corrected chi connectivity index (χ3v) is 2.65. The van der Waals surface area contributed by atoms with Crippen LogP contribution in [0.3, 0.4) is 0 Å². The number of halogens is 3. The maximum Gasteiger partial charge on any atom is 0.411 e. The summed E-state index contributed by atoms with van der Waals surface area (Å²) in [4.78, 5) is 0. The van der Waals surface area contributed by atoms with Crippen LogP contribution in [0.25, 0.3) is 0 Å². The summed E-state index contributed by atoms with van der Waals surface area (Å²) in [5.74, 6) is 1.06. The summed E-state index contributed by atoms with van der Waals surface area (Å²) >= 11 is 0. The summed E-state index contributed by atoms with van der Waals surface area (Å²) < 4.78 is 45.6. The molecule has 0 saturated heterocycles. The Kier molecular flexibility index (Phi) is 6.98. The Labute approximate surface area is 123 Å². The highest BCUT2D eigenvalue weighted by atomic mass is 19.4. The Bertz CT molecular complexity index is 433. The molecule has 3 nitrogen and oxygen atoms in total. The molecule has 120 valence electrons. The molecule has 0 aliphatic heterocycles. The third-order valence-electron chi connectivity index (χ3n) is 2.65. The Hall–Kier alpha value is -1.27. The summed E-state index contributed by atoms with van der Waals surface area (Å²) in [7, 11) is 0. The third kappa shape index (κ3) is 7.92. The van der Waals surface area contributed by atoms with Gasteiger partial charge in [0.05, 0.1) is 0 Å². The van der Waals surface area contributed by atoms with Crippen LogP contribution in [0.15, 0.2) is 18.2 Å². The molecular weight excluding hydrogens is 283 g/mol. The Morgan fingerprint density at radius 3 is 2.57 bits per heavy atom. The van der Waals surface area contributed by atoms with Gasteiger partial charge in [-0.05, 0) is 25.5 Å². The van der Waals surface area contributed by atoms with E-state index in [2.05, 4.69) is 23.9 Å². The van der Waals surface area contributed by atoms with Crippen molar-refractivity contribution in [1.29, 1.82) is 0 Å². The maximum atomic E-state index is 12.0. The Morgan fingerprint density at radius 2 is 1.95 bits per heavy atom. The number of alkyl halides is 3. The molecule has 0 spiro atoms. The largest absolute Gasteiger partial charge is 0.467 e. The van der Waals surface area contributed by atoms with Crippen molar-refractivity contribution >= 4 is 0 Å². The van der Waals surface area contributed by atoms with Crippen LogP contribution >= 0.6 is 0 Å². The van der Waals surface area contributed by atoms with Crippen molar-refractivity contribution in [3.05, 3.63) is 29.3 Å². The van der Waals surface area contributed by atoms with Gasteiger partial charge in [0.1, 0.15) is 12.4 Å². The van der Waals surface area contributed by atoms with E-state index >= 15 is 0 Å². The molecule has 0 fully saturated rings. The molecule has 0 aromatic heterocycles. The quantitative estimate of drug-likeness (QED) is 0.587. The van der Waals surface area contributed by atoms with E-state index < -0.39 is 19.6 Å². The average Bonchev–Trinajstić information content (AvgIpc) is 2.35. The average molecular weight is 305 g/mol. The summed E-state index contributed by atoms with van der Waals surface area (Å²) in [6.07, 6.45) is -4.34. The molecule has 1 aromatic carbocycles. The summed E-state index contributed by atoms with van der Waals surface area (Å²) in [5.41, 5.74) is 1.98. The SMILES string of the molecule is Cc1ccc(OCOCC(F)(F)F)c(CNCC(C)C)c1. The molecule has 1 rings (SSSR count). The highest BCUT2D eigenvalue weighted by Crippen LogP contribution is 2.21. The van der Waals surface area contributed by atoms with Crippen LogP contribution in [-0.2, 0) is 11.3 Å². The first-order valence-corrected chi connectivity index (χ1v) is 6.85. The van der Waals surface area contributed by atoms with Crippen molar-refractivity contribution in [3.63, 3.8) is 0 Å². The first-order chi connectivity index (χ1) is 9.78. The molecule has 1 aromatic rings. The Balaban J connectivity index is 2.52. The van der Waals surface area contributed by atoms with Crippen molar-refractivity contribution < 1.29 is 22.6 Å². The lowest BCUT2D eigenvalue weighted by Gasteiger charge is -2.14. The second-order valence-electron chi connectivity index (χ2n) is 5.36. The molecule has 0 heterocycles. The lowest BCUT2D eigenvalue weighted by Crippen LogP contribution is -2.21. The fourth-order valence-corrected chi connectivity index (χ4v) is 1.75. The monoisotopic (exact) mass is 305 g/mol. The van der Waals surface area contributed by atoms with Crippen LogP contribution in [0.5, 0.6) is 5.75 Å². The molecule has 0 amide bonds. The molecule has 0 unspecified atom stereocenters. The molecule has 0 bridgehead atoms. The fourth-order valence-electron chi connectivity index (χ4n) is 1.75. The molecule has 0 aliphatic carbocycles. The predicted octanol–water partition coefficient (Wildman–Crippen LogP) is 3.66. The van der Waals surface area contributed by atoms with Crippen molar-refractivity contribution in [2.45, 2.75) is 33.5 Å². The van der Waals surface area contributed by atoms with Gasteiger partial charge < -0.3 is 14.8 Å². The molecule has 0 atom stereocenters. The second-order valence-corrected chi connectivity index (χ2v) is 5.36. The molecule has 6 heteroatoms. The van der Waals surface area contributed by atoms with Crippen LogP contribution in [0.4, 0.5) is 13.2 Å². The molecule has 1 N–H and O–H groups in total. The molecule has 21 heavy (non-hydrogen) atoms. The zero-order valence-electron chi connectivity index (χ0n) is 12.6. The van der Waals surface area contributed by atoms with Crippen molar-refractivity contribution in [3.8, 4) is 5.75 Å². The van der Waals surface area contributed by atoms with Crippen LogP contribution < -0.4 is 10.1 Å². The van der Waals surface area contributed by atoms with Gasteiger partial charge in [0, 0.05) is 12.1 Å². The van der Waals surface area contributed by atoms with Gasteiger partial charge in [-0.1, -0.05) is 31.5 Å². The number of rotatable bonds is 8. The topological polar surface area (TPSA) is 30.5 Å². The lowest BCUT2D eigenvalue weighted by molar-refractivity contribution is -0.186. The van der Waals surface area contributed by atoms with Crippen molar-refractivity contribution in [1.82, 2.24) is 5.32 Å². The van der Waals surface area contributed by atoms with Crippen LogP contribution in [-0.4, -0.2) is 26.1 Å². The molecule has 0 radical (unpaired) electrons. The smallest absolute Gasteiger partial charge is 0.411 e. The number of hydrogen-bond donors (Lipinski definition) is 1. The highest BCUT2D eigenvalue weighted by molar-refractivity contribution is 5.36. The predicted molar refractivity (Wildman–Crippen MR) is 75.2 cm³/mol. The van der Waals surface area contributed by atoms with Crippen LogP contribution in [0.1, 0.15) is 25.0 Å². The minimum absolute atomic E-state index is 0.417. The van der Waals surface area contributed by atoms with Gasteiger partial charge in [-0.25, -0.2) is 0 Å². The van der Waals surface area contributed by atoms with Crippen molar-refractivity contribution in [2.75, 3.05) is 19.9 Å². The summed E-state index contributed by atoms with van der Waals surface area (Å²) in [6.45, 7) is 5.90. The number of nitrogens with one attached hydrogen (secondary N) is 1. The second kappa shape index (κ2) is 8.24. The number of benzene rings is 1. The first-order valence-electron chi connectivity index (χ1n) is 6.85. The summed E-state index contributed by atoms with van der Waals surface area (Å²) in [5, 5.41) is 3.28. The van der Waals surface area contributed by atoms with Gasteiger partial charge in [0.2, 0.25) is 0 Å². The van der Waals surface area contributed by atoms with Crippen molar-refractivity contribution in [2.24, 2.45) is 5.92 Å². The number of hydrogen-bond acceptors (Lipinski definition) is 3.